The Balaban J connectivity index is 2.57. The molecule has 0 fully saturated rings. The van der Waals surface area contributed by atoms with Gasteiger partial charge < -0.3 is 4.84 Å². The molecule has 0 saturated heterocycles. The molecular formula is C9H13N2O+. The van der Waals surface area contributed by atoms with Crippen molar-refractivity contribution in [2.75, 3.05) is 7.11 Å². The molecule has 3 nitrogen and oxygen atoms in total. The SMILES string of the molecule is CO[n+]1cnc(C)c2c1CCC2. The van der Waals surface area contributed by atoms with E-state index in [1.54, 1.807) is 18.2 Å². The molecular weight excluding hydrogens is 152 g/mol. The third kappa shape index (κ3) is 0.967. The fraction of sp³-hybridized carbons (Fsp3) is 0.556. The smallest absolute Gasteiger partial charge is 0.325 e. The van der Waals surface area contributed by atoms with E-state index in [0.717, 1.165) is 18.5 Å². The van der Waals surface area contributed by atoms with Gasteiger partial charge in [0, 0.05) is 18.9 Å². The Labute approximate surface area is 72.0 Å². The van der Waals surface area contributed by atoms with Crippen LogP contribution < -0.4 is 9.57 Å². The lowest BCUT2D eigenvalue weighted by Gasteiger charge is -2.01. The zero-order valence-corrected chi connectivity index (χ0v) is 7.50. The van der Waals surface area contributed by atoms with Crippen molar-refractivity contribution in [1.82, 2.24) is 4.98 Å². The first-order valence-corrected chi connectivity index (χ1v) is 4.26. The molecule has 0 spiro atoms. The number of hydrogen-bond donors (Lipinski definition) is 0. The van der Waals surface area contributed by atoms with Gasteiger partial charge in [-0.25, -0.2) is 0 Å². The van der Waals surface area contributed by atoms with Gasteiger partial charge in [-0.2, -0.15) is 0 Å². The van der Waals surface area contributed by atoms with Gasteiger partial charge in [0.05, 0.1) is 0 Å². The van der Waals surface area contributed by atoms with Crippen LogP contribution in [0, 0.1) is 6.92 Å². The summed E-state index contributed by atoms with van der Waals surface area (Å²) in [5.74, 6) is 0. The van der Waals surface area contributed by atoms with Crippen LogP contribution in [-0.4, -0.2) is 12.1 Å². The first-order chi connectivity index (χ1) is 5.83. The number of fused-ring (bicyclic) bond motifs is 1. The standard InChI is InChI=1S/C9H13N2O/c1-7-8-4-3-5-9(8)11(12-2)6-10-7/h6H,3-5H2,1-2H3/q+1. The predicted octanol–water partition coefficient (Wildman–Crippen LogP) is 0.225. The van der Waals surface area contributed by atoms with Gasteiger partial charge in [0.2, 0.25) is 0 Å². The Morgan fingerprint density at radius 3 is 3.08 bits per heavy atom. The van der Waals surface area contributed by atoms with Crippen molar-refractivity contribution in [1.29, 1.82) is 0 Å². The van der Waals surface area contributed by atoms with Gasteiger partial charge in [0.15, 0.2) is 11.4 Å². The average Bonchev–Trinajstić information content (AvgIpc) is 2.54. The first kappa shape index (κ1) is 7.53. The molecule has 2 rings (SSSR count). The van der Waals surface area contributed by atoms with Crippen molar-refractivity contribution in [2.24, 2.45) is 0 Å². The average molecular weight is 165 g/mol. The third-order valence-corrected chi connectivity index (χ3v) is 2.44. The largest absolute Gasteiger partial charge is 0.339 e. The van der Waals surface area contributed by atoms with Crippen molar-refractivity contribution in [3.8, 4) is 0 Å². The summed E-state index contributed by atoms with van der Waals surface area (Å²) in [6.07, 6.45) is 5.25. The minimum Gasteiger partial charge on any atom is -0.339 e. The Morgan fingerprint density at radius 2 is 2.33 bits per heavy atom. The summed E-state index contributed by atoms with van der Waals surface area (Å²) in [5.41, 5.74) is 3.82. The lowest BCUT2D eigenvalue weighted by Crippen LogP contribution is -2.45. The summed E-state index contributed by atoms with van der Waals surface area (Å²) < 4.78 is 1.77. The van der Waals surface area contributed by atoms with Gasteiger partial charge in [0.25, 0.3) is 0 Å². The number of aromatic nitrogens is 2. The molecule has 0 unspecified atom stereocenters. The minimum absolute atomic E-state index is 1.12. The highest BCUT2D eigenvalue weighted by molar-refractivity contribution is 5.24. The summed E-state index contributed by atoms with van der Waals surface area (Å²) in [7, 11) is 1.68. The second kappa shape index (κ2) is 2.73. The molecule has 0 saturated carbocycles. The van der Waals surface area contributed by atoms with E-state index >= 15 is 0 Å². The molecule has 64 valence electrons. The second-order valence-electron chi connectivity index (χ2n) is 3.12. The van der Waals surface area contributed by atoms with Crippen LogP contribution in [-0.2, 0) is 12.8 Å². The molecule has 0 atom stereocenters. The highest BCUT2D eigenvalue weighted by Crippen LogP contribution is 2.19. The van der Waals surface area contributed by atoms with Crippen LogP contribution in [0.25, 0.3) is 0 Å². The van der Waals surface area contributed by atoms with Crippen molar-refractivity contribution in [2.45, 2.75) is 26.2 Å². The quantitative estimate of drug-likeness (QED) is 0.556. The normalized spacial score (nSPS) is 14.5. The lowest BCUT2D eigenvalue weighted by atomic mass is 10.2. The van der Waals surface area contributed by atoms with E-state index in [9.17, 15) is 0 Å². The van der Waals surface area contributed by atoms with E-state index in [1.807, 2.05) is 0 Å². The van der Waals surface area contributed by atoms with E-state index in [2.05, 4.69) is 11.9 Å². The summed E-state index contributed by atoms with van der Waals surface area (Å²) in [5, 5.41) is 0. The molecule has 1 aromatic heterocycles. The minimum atomic E-state index is 1.12. The number of hydrogen-bond acceptors (Lipinski definition) is 2. The zero-order valence-electron chi connectivity index (χ0n) is 7.50. The number of rotatable bonds is 1. The molecule has 0 aliphatic heterocycles. The van der Waals surface area contributed by atoms with Gasteiger partial charge in [-0.15, -0.1) is 0 Å². The molecule has 1 aliphatic rings. The fourth-order valence-corrected chi connectivity index (χ4v) is 1.80. The highest BCUT2D eigenvalue weighted by atomic mass is 16.6. The maximum absolute atomic E-state index is 5.17. The van der Waals surface area contributed by atoms with Crippen molar-refractivity contribution < 1.29 is 9.57 Å². The lowest BCUT2D eigenvalue weighted by molar-refractivity contribution is -0.892. The maximum Gasteiger partial charge on any atom is 0.325 e. The molecule has 0 radical (unpaired) electrons. The summed E-state index contributed by atoms with van der Waals surface area (Å²) >= 11 is 0. The maximum atomic E-state index is 5.17. The third-order valence-electron chi connectivity index (χ3n) is 2.44. The van der Waals surface area contributed by atoms with Crippen molar-refractivity contribution in [3.63, 3.8) is 0 Å². The van der Waals surface area contributed by atoms with Gasteiger partial charge in [-0.05, 0) is 17.6 Å². The Kier molecular flexibility index (Phi) is 1.71. The zero-order chi connectivity index (χ0) is 8.55. The van der Waals surface area contributed by atoms with E-state index in [0.29, 0.717) is 0 Å². The van der Waals surface area contributed by atoms with Crippen LogP contribution in [0.5, 0.6) is 0 Å². The van der Waals surface area contributed by atoms with Gasteiger partial charge in [-0.1, -0.05) is 4.98 Å². The van der Waals surface area contributed by atoms with Crippen LogP contribution in [0.1, 0.15) is 23.4 Å². The van der Waals surface area contributed by atoms with Crippen LogP contribution >= 0.6 is 0 Å². The molecule has 0 amide bonds. The Hall–Kier alpha value is -1.12. The first-order valence-electron chi connectivity index (χ1n) is 4.26. The molecule has 3 heteroatoms. The number of nitrogens with zero attached hydrogens (tertiary/aromatic N) is 2. The topological polar surface area (TPSA) is 26.0 Å². The van der Waals surface area contributed by atoms with E-state index in [1.165, 1.54) is 17.7 Å². The fourth-order valence-electron chi connectivity index (χ4n) is 1.80. The molecule has 0 N–H and O–H groups in total. The van der Waals surface area contributed by atoms with Crippen LogP contribution in [0.3, 0.4) is 0 Å². The molecule has 0 bridgehead atoms. The van der Waals surface area contributed by atoms with E-state index < -0.39 is 0 Å². The number of aryl methyl sites for hydroxylation is 1. The van der Waals surface area contributed by atoms with Crippen molar-refractivity contribution >= 4 is 0 Å². The highest BCUT2D eigenvalue weighted by Gasteiger charge is 2.23. The second-order valence-corrected chi connectivity index (χ2v) is 3.12. The van der Waals surface area contributed by atoms with Gasteiger partial charge >= 0.3 is 6.33 Å². The van der Waals surface area contributed by atoms with Crippen LogP contribution in [0.2, 0.25) is 0 Å². The van der Waals surface area contributed by atoms with Gasteiger partial charge in [0.1, 0.15) is 7.11 Å². The van der Waals surface area contributed by atoms with Crippen molar-refractivity contribution in [3.05, 3.63) is 23.3 Å². The Morgan fingerprint density at radius 1 is 1.50 bits per heavy atom. The predicted molar refractivity (Wildman–Crippen MR) is 43.7 cm³/mol. The summed E-state index contributed by atoms with van der Waals surface area (Å²) in [6.45, 7) is 2.06. The van der Waals surface area contributed by atoms with Gasteiger partial charge in [-0.3, -0.25) is 0 Å². The molecule has 0 aromatic carbocycles. The molecule has 1 aliphatic carbocycles. The monoisotopic (exact) mass is 165 g/mol. The molecule has 1 heterocycles. The van der Waals surface area contributed by atoms with E-state index in [-0.39, 0.29) is 0 Å². The van der Waals surface area contributed by atoms with Crippen LogP contribution in [0.4, 0.5) is 0 Å². The Bertz CT molecular complexity index is 310. The summed E-state index contributed by atoms with van der Waals surface area (Å²) in [4.78, 5) is 9.43. The molecule has 1 aromatic rings. The van der Waals surface area contributed by atoms with Crippen LogP contribution in [0.15, 0.2) is 6.33 Å². The molecule has 12 heavy (non-hydrogen) atoms. The van der Waals surface area contributed by atoms with E-state index in [4.69, 9.17) is 4.84 Å². The summed E-state index contributed by atoms with van der Waals surface area (Å²) in [6, 6.07) is 0.